The van der Waals surface area contributed by atoms with Gasteiger partial charge in [-0.25, -0.2) is 0 Å². The molecule has 0 radical (unpaired) electrons. The number of fused-ring (bicyclic) bond motifs is 2. The number of piperidine rings is 1. The van der Waals surface area contributed by atoms with Crippen LogP contribution < -0.4 is 0 Å². The number of alkyl halides is 1. The Morgan fingerprint density at radius 1 is 1.33 bits per heavy atom. The monoisotopic (exact) mass is 352 g/mol. The Morgan fingerprint density at radius 2 is 1.95 bits per heavy atom. The maximum Gasteiger partial charge on any atom is 0.272 e. The number of halogens is 1. The molecule has 1 aromatic rings. The minimum absolute atomic E-state index is 0.0138. The summed E-state index contributed by atoms with van der Waals surface area (Å²) in [5, 5.41) is 10.9. The van der Waals surface area contributed by atoms with Crippen molar-refractivity contribution >= 4 is 27.5 Å². The van der Waals surface area contributed by atoms with Gasteiger partial charge in [0.05, 0.1) is 4.92 Å². The van der Waals surface area contributed by atoms with Gasteiger partial charge in [-0.3, -0.25) is 14.9 Å². The van der Waals surface area contributed by atoms with Gasteiger partial charge in [-0.05, 0) is 44.7 Å². The van der Waals surface area contributed by atoms with Crippen LogP contribution in [0.15, 0.2) is 18.2 Å². The summed E-state index contributed by atoms with van der Waals surface area (Å²) in [6.45, 7) is 1.67. The second kappa shape index (κ2) is 5.40. The first-order valence-electron chi connectivity index (χ1n) is 7.19. The predicted octanol–water partition coefficient (Wildman–Crippen LogP) is 3.43. The standard InChI is InChI=1S/C15H17BrN2O3/c1-9-6-10(2-5-14(9)18(20)21)15(19)17-12-3-4-13(17)8-11(16)7-12/h2,5-6,11-13H,3-4,7-8H2,1H3. The molecule has 0 aromatic heterocycles. The van der Waals surface area contributed by atoms with Gasteiger partial charge < -0.3 is 4.90 Å². The summed E-state index contributed by atoms with van der Waals surface area (Å²) in [5.74, 6) is 0.0138. The van der Waals surface area contributed by atoms with Crippen LogP contribution in [0, 0.1) is 17.0 Å². The van der Waals surface area contributed by atoms with E-state index in [0.29, 0.717) is 28.0 Å². The van der Waals surface area contributed by atoms with Crippen LogP contribution in [-0.4, -0.2) is 32.6 Å². The van der Waals surface area contributed by atoms with Crippen molar-refractivity contribution in [1.82, 2.24) is 4.90 Å². The van der Waals surface area contributed by atoms with E-state index >= 15 is 0 Å². The Kier molecular flexibility index (Phi) is 3.73. The number of rotatable bonds is 2. The molecule has 0 spiro atoms. The van der Waals surface area contributed by atoms with E-state index in [1.165, 1.54) is 6.07 Å². The lowest BCUT2D eigenvalue weighted by Gasteiger charge is -2.37. The minimum Gasteiger partial charge on any atom is -0.333 e. The molecule has 5 nitrogen and oxygen atoms in total. The molecule has 2 saturated heterocycles. The van der Waals surface area contributed by atoms with Crippen molar-refractivity contribution in [3.63, 3.8) is 0 Å². The number of nitrogens with zero attached hydrogens (tertiary/aromatic N) is 2. The van der Waals surface area contributed by atoms with Crippen molar-refractivity contribution in [2.24, 2.45) is 0 Å². The lowest BCUT2D eigenvalue weighted by molar-refractivity contribution is -0.385. The van der Waals surface area contributed by atoms with E-state index in [1.807, 2.05) is 4.90 Å². The number of carbonyl (C=O) groups excluding carboxylic acids is 1. The Bertz CT molecular complexity index is 591. The van der Waals surface area contributed by atoms with Crippen LogP contribution in [0.25, 0.3) is 0 Å². The number of amides is 1. The highest BCUT2D eigenvalue weighted by Gasteiger charge is 2.42. The number of hydrogen-bond acceptors (Lipinski definition) is 3. The number of carbonyl (C=O) groups is 1. The number of benzene rings is 1. The fourth-order valence-electron chi connectivity index (χ4n) is 3.58. The molecule has 1 aromatic carbocycles. The van der Waals surface area contributed by atoms with Crippen molar-refractivity contribution in [3.05, 3.63) is 39.4 Å². The van der Waals surface area contributed by atoms with Gasteiger partial charge in [-0.1, -0.05) is 15.9 Å². The molecule has 6 heteroatoms. The van der Waals surface area contributed by atoms with Gasteiger partial charge in [0.15, 0.2) is 0 Å². The minimum atomic E-state index is -0.413. The van der Waals surface area contributed by atoms with Gasteiger partial charge in [0.25, 0.3) is 11.6 Å². The van der Waals surface area contributed by atoms with Crippen LogP contribution in [-0.2, 0) is 0 Å². The fraction of sp³-hybridized carbons (Fsp3) is 0.533. The normalized spacial score (nSPS) is 27.7. The maximum atomic E-state index is 12.7. The third-order valence-corrected chi connectivity index (χ3v) is 5.30. The summed E-state index contributed by atoms with van der Waals surface area (Å²) in [7, 11) is 0. The van der Waals surface area contributed by atoms with Gasteiger partial charge in [-0.15, -0.1) is 0 Å². The number of hydrogen-bond donors (Lipinski definition) is 0. The lowest BCUT2D eigenvalue weighted by Crippen LogP contribution is -2.46. The molecule has 2 atom stereocenters. The van der Waals surface area contributed by atoms with E-state index in [9.17, 15) is 14.9 Å². The molecule has 0 aliphatic carbocycles. The van der Waals surface area contributed by atoms with Crippen LogP contribution in [0.3, 0.4) is 0 Å². The number of nitro benzene ring substituents is 1. The zero-order valence-corrected chi connectivity index (χ0v) is 13.4. The lowest BCUT2D eigenvalue weighted by atomic mass is 10.0. The highest BCUT2D eigenvalue weighted by atomic mass is 79.9. The van der Waals surface area contributed by atoms with Crippen molar-refractivity contribution in [2.45, 2.75) is 49.5 Å². The molecule has 2 unspecified atom stereocenters. The number of aryl methyl sites for hydroxylation is 1. The van der Waals surface area contributed by atoms with Gasteiger partial charge in [0.2, 0.25) is 0 Å². The van der Waals surface area contributed by atoms with Crippen LogP contribution in [0.5, 0.6) is 0 Å². The molecular weight excluding hydrogens is 336 g/mol. The second-order valence-corrected chi connectivity index (χ2v) is 7.22. The molecule has 2 heterocycles. The third-order valence-electron chi connectivity index (χ3n) is 4.55. The highest BCUT2D eigenvalue weighted by molar-refractivity contribution is 9.09. The SMILES string of the molecule is Cc1cc(C(=O)N2C3CCC2CC(Br)C3)ccc1[N+](=O)[O-]. The summed E-state index contributed by atoms with van der Waals surface area (Å²) in [5.41, 5.74) is 1.16. The van der Waals surface area contributed by atoms with Crippen LogP contribution >= 0.6 is 15.9 Å². The molecular formula is C15H17BrN2O3. The Labute approximate surface area is 131 Å². The van der Waals surface area contributed by atoms with Gasteiger partial charge in [0.1, 0.15) is 0 Å². The highest BCUT2D eigenvalue weighted by Crippen LogP contribution is 2.39. The summed E-state index contributed by atoms with van der Waals surface area (Å²) in [6.07, 6.45) is 4.11. The molecule has 0 saturated carbocycles. The largest absolute Gasteiger partial charge is 0.333 e. The Balaban J connectivity index is 1.86. The van der Waals surface area contributed by atoms with Gasteiger partial charge in [-0.2, -0.15) is 0 Å². The molecule has 21 heavy (non-hydrogen) atoms. The molecule has 2 aliphatic rings. The van der Waals surface area contributed by atoms with Crippen molar-refractivity contribution < 1.29 is 9.72 Å². The summed E-state index contributed by atoms with van der Waals surface area (Å²) in [6, 6.07) is 5.25. The first-order valence-corrected chi connectivity index (χ1v) is 8.10. The van der Waals surface area contributed by atoms with E-state index < -0.39 is 4.92 Å². The smallest absolute Gasteiger partial charge is 0.272 e. The van der Waals surface area contributed by atoms with E-state index in [4.69, 9.17) is 0 Å². The predicted molar refractivity (Wildman–Crippen MR) is 82.8 cm³/mol. The van der Waals surface area contributed by atoms with Crippen molar-refractivity contribution in [2.75, 3.05) is 0 Å². The third kappa shape index (κ3) is 2.57. The number of nitro groups is 1. The van der Waals surface area contributed by atoms with Crippen LogP contribution in [0.1, 0.15) is 41.6 Å². The average Bonchev–Trinajstić information content (AvgIpc) is 2.69. The van der Waals surface area contributed by atoms with E-state index in [-0.39, 0.29) is 11.6 Å². The average molecular weight is 353 g/mol. The van der Waals surface area contributed by atoms with E-state index in [0.717, 1.165) is 25.7 Å². The van der Waals surface area contributed by atoms with Gasteiger partial charge in [0, 0.05) is 34.1 Å². The van der Waals surface area contributed by atoms with E-state index in [1.54, 1.807) is 19.1 Å². The summed E-state index contributed by atoms with van der Waals surface area (Å²) >= 11 is 3.67. The first-order chi connectivity index (χ1) is 9.97. The molecule has 3 rings (SSSR count). The van der Waals surface area contributed by atoms with Crippen LogP contribution in [0.4, 0.5) is 5.69 Å². The van der Waals surface area contributed by atoms with Crippen LogP contribution in [0.2, 0.25) is 0 Å². The summed E-state index contributed by atoms with van der Waals surface area (Å²) < 4.78 is 0. The first kappa shape index (κ1) is 14.5. The summed E-state index contributed by atoms with van der Waals surface area (Å²) in [4.78, 5) is 25.7. The Hall–Kier alpha value is -1.43. The Morgan fingerprint density at radius 3 is 2.48 bits per heavy atom. The fourth-order valence-corrected chi connectivity index (χ4v) is 4.45. The topological polar surface area (TPSA) is 63.5 Å². The molecule has 112 valence electrons. The quantitative estimate of drug-likeness (QED) is 0.465. The van der Waals surface area contributed by atoms with Crippen molar-refractivity contribution in [3.8, 4) is 0 Å². The molecule has 2 fully saturated rings. The maximum absolute atomic E-state index is 12.7. The second-order valence-electron chi connectivity index (χ2n) is 5.92. The van der Waals surface area contributed by atoms with Gasteiger partial charge >= 0.3 is 0 Å². The molecule has 1 amide bonds. The molecule has 2 aliphatic heterocycles. The van der Waals surface area contributed by atoms with E-state index in [2.05, 4.69) is 15.9 Å². The zero-order chi connectivity index (χ0) is 15.1. The zero-order valence-electron chi connectivity index (χ0n) is 11.8. The molecule has 2 bridgehead atoms. The van der Waals surface area contributed by atoms with Crippen molar-refractivity contribution in [1.29, 1.82) is 0 Å². The molecule has 0 N–H and O–H groups in total.